The van der Waals surface area contributed by atoms with E-state index in [0.29, 0.717) is 18.1 Å². The number of oxazole rings is 1. The predicted molar refractivity (Wildman–Crippen MR) is 62.6 cm³/mol. The lowest BCUT2D eigenvalue weighted by molar-refractivity contribution is -0.115. The Labute approximate surface area is 95.8 Å². The monoisotopic (exact) mass is 232 g/mol. The van der Waals surface area contributed by atoms with Gasteiger partial charge in [0, 0.05) is 0 Å². The molecule has 1 aliphatic heterocycles. The Bertz CT molecular complexity index is 555. The van der Waals surface area contributed by atoms with Crippen LogP contribution in [0.5, 0.6) is 0 Å². The summed E-state index contributed by atoms with van der Waals surface area (Å²) in [5.41, 5.74) is 1.61. The van der Waals surface area contributed by atoms with Crippen LogP contribution in [0.1, 0.15) is 5.89 Å². The second-order valence-corrected chi connectivity index (χ2v) is 4.49. The highest BCUT2D eigenvalue weighted by molar-refractivity contribution is 8.15. The van der Waals surface area contributed by atoms with Gasteiger partial charge in [0.2, 0.25) is 5.89 Å². The Balaban J connectivity index is 1.90. The fourth-order valence-corrected chi connectivity index (χ4v) is 2.31. The molecule has 1 aromatic heterocycles. The van der Waals surface area contributed by atoms with Crippen LogP contribution in [0.15, 0.2) is 33.7 Å². The number of thioether (sulfide) groups is 1. The molecule has 0 radical (unpaired) electrons. The fourth-order valence-electron chi connectivity index (χ4n) is 1.56. The molecule has 0 saturated heterocycles. The molecule has 2 heterocycles. The van der Waals surface area contributed by atoms with Crippen molar-refractivity contribution in [3.63, 3.8) is 0 Å². The highest BCUT2D eigenvalue weighted by Gasteiger charge is 2.17. The van der Waals surface area contributed by atoms with Crippen LogP contribution in [0.4, 0.5) is 0 Å². The number of rotatable bonds is 2. The maximum Gasteiger partial charge on any atom is 0.256 e. The third-order valence-corrected chi connectivity index (χ3v) is 3.21. The number of amides is 1. The van der Waals surface area contributed by atoms with Gasteiger partial charge < -0.3 is 4.42 Å². The molecule has 0 saturated carbocycles. The van der Waals surface area contributed by atoms with E-state index in [4.69, 9.17) is 4.42 Å². The smallest absolute Gasteiger partial charge is 0.256 e. The third-order valence-electron chi connectivity index (χ3n) is 2.25. The minimum atomic E-state index is -0.0730. The van der Waals surface area contributed by atoms with Crippen LogP contribution in [0.2, 0.25) is 0 Å². The minimum Gasteiger partial charge on any atom is -0.440 e. The maximum absolute atomic E-state index is 11.0. The zero-order valence-electron chi connectivity index (χ0n) is 8.34. The standard InChI is InChI=1S/C11H8N2O2S/c14-9-6-16-11(13-9)5-10-12-7-3-1-2-4-8(7)15-10/h1-4H,5-6H2. The number of carbonyl (C=O) groups is 1. The van der Waals surface area contributed by atoms with Gasteiger partial charge in [0.25, 0.3) is 5.91 Å². The van der Waals surface area contributed by atoms with Crippen LogP contribution in [-0.4, -0.2) is 21.7 Å². The topological polar surface area (TPSA) is 55.5 Å². The van der Waals surface area contributed by atoms with Crippen LogP contribution >= 0.6 is 11.8 Å². The average Bonchev–Trinajstić information content (AvgIpc) is 2.84. The van der Waals surface area contributed by atoms with Crippen LogP contribution in [0.25, 0.3) is 11.1 Å². The number of hydrogen-bond acceptors (Lipinski definition) is 4. The number of nitrogens with zero attached hydrogens (tertiary/aromatic N) is 2. The first kappa shape index (κ1) is 9.59. The number of aliphatic imine (C=N–C) groups is 1. The number of aromatic nitrogens is 1. The molecule has 16 heavy (non-hydrogen) atoms. The summed E-state index contributed by atoms with van der Waals surface area (Å²) in [6.45, 7) is 0. The lowest BCUT2D eigenvalue weighted by Crippen LogP contribution is -1.94. The number of para-hydroxylation sites is 2. The van der Waals surface area contributed by atoms with E-state index >= 15 is 0 Å². The van der Waals surface area contributed by atoms with E-state index in [9.17, 15) is 4.79 Å². The van der Waals surface area contributed by atoms with Gasteiger partial charge in [0.05, 0.1) is 17.2 Å². The van der Waals surface area contributed by atoms with Crippen LogP contribution < -0.4 is 0 Å². The van der Waals surface area contributed by atoms with Gasteiger partial charge in [-0.25, -0.2) is 9.98 Å². The summed E-state index contributed by atoms with van der Waals surface area (Å²) in [7, 11) is 0. The molecule has 4 nitrogen and oxygen atoms in total. The van der Waals surface area contributed by atoms with Gasteiger partial charge in [-0.15, -0.1) is 11.8 Å². The molecule has 0 fully saturated rings. The third kappa shape index (κ3) is 1.74. The molecule has 80 valence electrons. The molecule has 2 aromatic rings. The molecule has 0 spiro atoms. The number of fused-ring (bicyclic) bond motifs is 1. The molecule has 1 aliphatic rings. The maximum atomic E-state index is 11.0. The van der Waals surface area contributed by atoms with E-state index in [1.165, 1.54) is 11.8 Å². The van der Waals surface area contributed by atoms with E-state index in [1.54, 1.807) is 0 Å². The van der Waals surface area contributed by atoms with Crippen LogP contribution in [0.3, 0.4) is 0 Å². The van der Waals surface area contributed by atoms with Crippen molar-refractivity contribution in [2.24, 2.45) is 4.99 Å². The summed E-state index contributed by atoms with van der Waals surface area (Å²) in [5.74, 6) is 0.980. The first-order valence-electron chi connectivity index (χ1n) is 4.89. The second-order valence-electron chi connectivity index (χ2n) is 3.44. The van der Waals surface area contributed by atoms with Crippen molar-refractivity contribution in [1.29, 1.82) is 0 Å². The zero-order valence-corrected chi connectivity index (χ0v) is 9.16. The summed E-state index contributed by atoms with van der Waals surface area (Å²) in [6.07, 6.45) is 0.505. The molecule has 0 bridgehead atoms. The molecule has 3 rings (SSSR count). The quantitative estimate of drug-likeness (QED) is 0.795. The number of carbonyl (C=O) groups excluding carboxylic acids is 1. The van der Waals surface area contributed by atoms with E-state index in [1.807, 2.05) is 24.3 Å². The Hall–Kier alpha value is -1.62. The molecule has 0 aliphatic carbocycles. The first-order valence-corrected chi connectivity index (χ1v) is 5.87. The van der Waals surface area contributed by atoms with Crippen molar-refractivity contribution in [2.45, 2.75) is 6.42 Å². The Morgan fingerprint density at radius 3 is 3.00 bits per heavy atom. The van der Waals surface area contributed by atoms with Crippen molar-refractivity contribution in [2.75, 3.05) is 5.75 Å². The van der Waals surface area contributed by atoms with Crippen molar-refractivity contribution in [1.82, 2.24) is 4.98 Å². The zero-order chi connectivity index (χ0) is 11.0. The summed E-state index contributed by atoms with van der Waals surface area (Å²) in [6, 6.07) is 7.60. The van der Waals surface area contributed by atoms with E-state index < -0.39 is 0 Å². The predicted octanol–water partition coefficient (Wildman–Crippen LogP) is 2.04. The molecule has 1 aromatic carbocycles. The van der Waals surface area contributed by atoms with Crippen molar-refractivity contribution >= 4 is 33.8 Å². The van der Waals surface area contributed by atoms with E-state index in [2.05, 4.69) is 9.98 Å². The van der Waals surface area contributed by atoms with Gasteiger partial charge in [-0.2, -0.15) is 0 Å². The van der Waals surface area contributed by atoms with Crippen molar-refractivity contribution in [3.05, 3.63) is 30.2 Å². The van der Waals surface area contributed by atoms with Gasteiger partial charge in [-0.1, -0.05) is 12.1 Å². The summed E-state index contributed by atoms with van der Waals surface area (Å²) >= 11 is 1.46. The van der Waals surface area contributed by atoms with Crippen LogP contribution in [-0.2, 0) is 11.2 Å². The SMILES string of the molecule is O=C1CSC(Cc2nc3ccccc3o2)=N1. The molecule has 0 atom stereocenters. The molecule has 1 amide bonds. The van der Waals surface area contributed by atoms with Gasteiger partial charge in [0.15, 0.2) is 5.58 Å². The lowest BCUT2D eigenvalue weighted by atomic mass is 10.3. The van der Waals surface area contributed by atoms with Crippen molar-refractivity contribution < 1.29 is 9.21 Å². The molecule has 5 heteroatoms. The Morgan fingerprint density at radius 2 is 2.25 bits per heavy atom. The average molecular weight is 232 g/mol. The van der Waals surface area contributed by atoms with Gasteiger partial charge in [0.1, 0.15) is 5.52 Å². The first-order chi connectivity index (χ1) is 7.81. The van der Waals surface area contributed by atoms with E-state index in [-0.39, 0.29) is 5.91 Å². The molecule has 0 unspecified atom stereocenters. The highest BCUT2D eigenvalue weighted by Crippen LogP contribution is 2.20. The van der Waals surface area contributed by atoms with Crippen LogP contribution in [0, 0.1) is 0 Å². The number of benzene rings is 1. The van der Waals surface area contributed by atoms with Gasteiger partial charge in [-0.05, 0) is 12.1 Å². The Morgan fingerprint density at radius 1 is 1.38 bits per heavy atom. The molecular weight excluding hydrogens is 224 g/mol. The summed E-state index contributed by atoms with van der Waals surface area (Å²) in [5, 5.41) is 0.788. The van der Waals surface area contributed by atoms with Crippen molar-refractivity contribution in [3.8, 4) is 0 Å². The van der Waals surface area contributed by atoms with E-state index in [0.717, 1.165) is 16.1 Å². The Kier molecular flexibility index (Phi) is 2.25. The molecule has 0 N–H and O–H groups in total. The van der Waals surface area contributed by atoms with Gasteiger partial charge >= 0.3 is 0 Å². The summed E-state index contributed by atoms with van der Waals surface area (Å²) < 4.78 is 5.55. The highest BCUT2D eigenvalue weighted by atomic mass is 32.2. The van der Waals surface area contributed by atoms with Gasteiger partial charge in [-0.3, -0.25) is 4.79 Å². The number of hydrogen-bond donors (Lipinski definition) is 0. The lowest BCUT2D eigenvalue weighted by Gasteiger charge is -1.91. The normalized spacial score (nSPS) is 15.8. The molecular formula is C11H8N2O2S. The summed E-state index contributed by atoms with van der Waals surface area (Å²) in [4.78, 5) is 19.2. The minimum absolute atomic E-state index is 0.0730. The second kappa shape index (κ2) is 3.75. The fraction of sp³-hybridized carbons (Fsp3) is 0.182. The largest absolute Gasteiger partial charge is 0.440 e.